The summed E-state index contributed by atoms with van der Waals surface area (Å²) in [6.45, 7) is 1.96. The maximum Gasteiger partial charge on any atom is 0.231 e. The Labute approximate surface area is 110 Å². The Morgan fingerprint density at radius 1 is 1.39 bits per heavy atom. The summed E-state index contributed by atoms with van der Waals surface area (Å²) in [7, 11) is 0. The van der Waals surface area contributed by atoms with E-state index in [0.29, 0.717) is 28.3 Å². The molecule has 0 unspecified atom stereocenters. The zero-order chi connectivity index (χ0) is 12.4. The summed E-state index contributed by atoms with van der Waals surface area (Å²) in [6.07, 6.45) is 3.80. The molecule has 0 amide bonds. The van der Waals surface area contributed by atoms with E-state index in [0.717, 1.165) is 25.9 Å². The fraction of sp³-hybridized carbons (Fsp3) is 0.417. The molecule has 5 nitrogen and oxygen atoms in total. The fourth-order valence-corrected chi connectivity index (χ4v) is 2.19. The first kappa shape index (κ1) is 11.6. The summed E-state index contributed by atoms with van der Waals surface area (Å²) in [6, 6.07) is 3.55. The highest BCUT2D eigenvalue weighted by Gasteiger charge is 2.21. The van der Waals surface area contributed by atoms with E-state index >= 15 is 0 Å². The molecular formula is C12H13ClN4O. The molecule has 0 radical (unpaired) electrons. The smallest absolute Gasteiger partial charge is 0.231 e. The average Bonchev–Trinajstić information content (AvgIpc) is 2.90. The van der Waals surface area contributed by atoms with Gasteiger partial charge in [-0.05, 0) is 31.5 Å². The first-order chi connectivity index (χ1) is 8.83. The van der Waals surface area contributed by atoms with Crippen LogP contribution in [-0.4, -0.2) is 28.2 Å². The van der Waals surface area contributed by atoms with Crippen molar-refractivity contribution in [3.05, 3.63) is 29.2 Å². The van der Waals surface area contributed by atoms with Crippen LogP contribution in [0.5, 0.6) is 0 Å². The van der Waals surface area contributed by atoms with Crippen molar-refractivity contribution in [3.63, 3.8) is 0 Å². The van der Waals surface area contributed by atoms with Gasteiger partial charge in [-0.15, -0.1) is 0 Å². The van der Waals surface area contributed by atoms with Gasteiger partial charge in [0.2, 0.25) is 11.7 Å². The third-order valence-corrected chi connectivity index (χ3v) is 3.27. The first-order valence-electron chi connectivity index (χ1n) is 5.99. The highest BCUT2D eigenvalue weighted by molar-refractivity contribution is 6.30. The molecule has 0 bridgehead atoms. The molecule has 0 aliphatic carbocycles. The Morgan fingerprint density at radius 3 is 3.06 bits per heavy atom. The van der Waals surface area contributed by atoms with Crippen LogP contribution in [0.4, 0.5) is 0 Å². The standard InChI is InChI=1S/C12H13ClN4O/c13-9-3-4-10(15-7-9)11-16-12(18-17-11)8-2-1-5-14-6-8/h3-4,7-8,14H,1-2,5-6H2/t8-/m0/s1. The van der Waals surface area contributed by atoms with Crippen LogP contribution >= 0.6 is 11.6 Å². The van der Waals surface area contributed by atoms with Crippen molar-refractivity contribution in [1.82, 2.24) is 20.4 Å². The first-order valence-corrected chi connectivity index (χ1v) is 6.37. The number of nitrogens with zero attached hydrogens (tertiary/aromatic N) is 3. The molecule has 0 spiro atoms. The Balaban J connectivity index is 1.82. The van der Waals surface area contributed by atoms with Crippen LogP contribution in [0.1, 0.15) is 24.7 Å². The predicted octanol–water partition coefficient (Wildman–Crippen LogP) is 2.25. The number of aromatic nitrogens is 3. The quantitative estimate of drug-likeness (QED) is 0.901. The molecular weight excluding hydrogens is 252 g/mol. The van der Waals surface area contributed by atoms with E-state index in [1.165, 1.54) is 0 Å². The van der Waals surface area contributed by atoms with Gasteiger partial charge in [-0.25, -0.2) is 0 Å². The van der Waals surface area contributed by atoms with Crippen molar-refractivity contribution >= 4 is 11.6 Å². The van der Waals surface area contributed by atoms with E-state index in [1.54, 1.807) is 18.3 Å². The van der Waals surface area contributed by atoms with Crippen molar-refractivity contribution in [3.8, 4) is 11.5 Å². The minimum atomic E-state index is 0.312. The van der Waals surface area contributed by atoms with Crippen molar-refractivity contribution < 1.29 is 4.52 Å². The minimum absolute atomic E-state index is 0.312. The normalized spacial score (nSPS) is 19.9. The van der Waals surface area contributed by atoms with Crippen LogP contribution in [0.2, 0.25) is 5.02 Å². The van der Waals surface area contributed by atoms with Crippen molar-refractivity contribution in [2.75, 3.05) is 13.1 Å². The molecule has 0 aromatic carbocycles. The maximum absolute atomic E-state index is 5.79. The third kappa shape index (κ3) is 2.37. The molecule has 2 aromatic rings. The molecule has 3 heterocycles. The Hall–Kier alpha value is -1.46. The van der Waals surface area contributed by atoms with E-state index in [1.807, 2.05) is 0 Å². The van der Waals surface area contributed by atoms with Gasteiger partial charge in [0, 0.05) is 12.7 Å². The largest absolute Gasteiger partial charge is 0.339 e. The van der Waals surface area contributed by atoms with Crippen molar-refractivity contribution in [2.24, 2.45) is 0 Å². The zero-order valence-electron chi connectivity index (χ0n) is 9.77. The van der Waals surface area contributed by atoms with Crippen LogP contribution in [0.3, 0.4) is 0 Å². The third-order valence-electron chi connectivity index (χ3n) is 3.04. The van der Waals surface area contributed by atoms with Crippen LogP contribution in [0.15, 0.2) is 22.9 Å². The highest BCUT2D eigenvalue weighted by atomic mass is 35.5. The second-order valence-corrected chi connectivity index (χ2v) is 4.80. The average molecular weight is 265 g/mol. The van der Waals surface area contributed by atoms with E-state index in [-0.39, 0.29) is 0 Å². The van der Waals surface area contributed by atoms with Gasteiger partial charge in [-0.1, -0.05) is 16.8 Å². The van der Waals surface area contributed by atoms with Crippen molar-refractivity contribution in [1.29, 1.82) is 0 Å². The molecule has 6 heteroatoms. The Morgan fingerprint density at radius 2 is 2.33 bits per heavy atom. The second kappa shape index (κ2) is 5.04. The fourth-order valence-electron chi connectivity index (χ4n) is 2.08. The molecule has 1 aliphatic rings. The molecule has 1 aliphatic heterocycles. The van der Waals surface area contributed by atoms with Gasteiger partial charge >= 0.3 is 0 Å². The number of rotatable bonds is 2. The molecule has 1 N–H and O–H groups in total. The van der Waals surface area contributed by atoms with E-state index in [9.17, 15) is 0 Å². The number of piperidine rings is 1. The van der Waals surface area contributed by atoms with E-state index in [4.69, 9.17) is 16.1 Å². The van der Waals surface area contributed by atoms with Crippen molar-refractivity contribution in [2.45, 2.75) is 18.8 Å². The molecule has 1 saturated heterocycles. The summed E-state index contributed by atoms with van der Waals surface area (Å²) < 4.78 is 5.31. The second-order valence-electron chi connectivity index (χ2n) is 4.36. The summed E-state index contributed by atoms with van der Waals surface area (Å²) >= 11 is 5.79. The van der Waals surface area contributed by atoms with E-state index in [2.05, 4.69) is 20.4 Å². The SMILES string of the molecule is Clc1ccc(-c2noc([C@H]3CCCNC3)n2)nc1. The lowest BCUT2D eigenvalue weighted by molar-refractivity contribution is 0.322. The number of hydrogen-bond donors (Lipinski definition) is 1. The molecule has 1 atom stereocenters. The summed E-state index contributed by atoms with van der Waals surface area (Å²) in [5.74, 6) is 1.52. The molecule has 1 fully saturated rings. The van der Waals surface area contributed by atoms with Crippen LogP contribution < -0.4 is 5.32 Å². The molecule has 18 heavy (non-hydrogen) atoms. The van der Waals surface area contributed by atoms with Gasteiger partial charge in [0.15, 0.2) is 0 Å². The highest BCUT2D eigenvalue weighted by Crippen LogP contribution is 2.24. The maximum atomic E-state index is 5.79. The molecule has 2 aromatic heterocycles. The number of halogens is 1. The minimum Gasteiger partial charge on any atom is -0.339 e. The molecule has 94 valence electrons. The molecule has 3 rings (SSSR count). The van der Waals surface area contributed by atoms with Gasteiger partial charge < -0.3 is 9.84 Å². The number of pyridine rings is 1. The van der Waals surface area contributed by atoms with Gasteiger partial charge in [-0.2, -0.15) is 4.98 Å². The lowest BCUT2D eigenvalue weighted by Crippen LogP contribution is -2.28. The zero-order valence-corrected chi connectivity index (χ0v) is 10.5. The lowest BCUT2D eigenvalue weighted by Gasteiger charge is -2.18. The Bertz CT molecular complexity index is 519. The summed E-state index contributed by atoms with van der Waals surface area (Å²) in [4.78, 5) is 8.58. The Kier molecular flexibility index (Phi) is 3.25. The monoisotopic (exact) mass is 264 g/mol. The lowest BCUT2D eigenvalue weighted by atomic mass is 10.00. The summed E-state index contributed by atoms with van der Waals surface area (Å²) in [5, 5.41) is 7.90. The topological polar surface area (TPSA) is 63.8 Å². The van der Waals surface area contributed by atoms with Gasteiger partial charge in [0.1, 0.15) is 5.69 Å². The number of nitrogens with one attached hydrogen (secondary N) is 1. The number of hydrogen-bond acceptors (Lipinski definition) is 5. The van der Waals surface area contributed by atoms with Crippen LogP contribution in [0, 0.1) is 0 Å². The van der Waals surface area contributed by atoms with E-state index < -0.39 is 0 Å². The summed E-state index contributed by atoms with van der Waals surface area (Å²) in [5.41, 5.74) is 0.679. The van der Waals surface area contributed by atoms with Gasteiger partial charge in [0.25, 0.3) is 0 Å². The van der Waals surface area contributed by atoms with Gasteiger partial charge in [-0.3, -0.25) is 4.98 Å². The predicted molar refractivity (Wildman–Crippen MR) is 67.4 cm³/mol. The van der Waals surface area contributed by atoms with Crippen LogP contribution in [0.25, 0.3) is 11.5 Å². The van der Waals surface area contributed by atoms with Crippen LogP contribution in [-0.2, 0) is 0 Å². The van der Waals surface area contributed by atoms with Gasteiger partial charge in [0.05, 0.1) is 10.9 Å². The molecule has 0 saturated carbocycles.